The number of hydrogen-bond donors (Lipinski definition) is 0. The number of benzene rings is 7. The van der Waals surface area contributed by atoms with E-state index in [1.807, 2.05) is 30.7 Å². The molecule has 0 fully saturated rings. The zero-order valence-electron chi connectivity index (χ0n) is 27.6. The first-order valence-corrected chi connectivity index (χ1v) is 17.2. The molecule has 0 spiro atoms. The number of fused-ring (bicyclic) bond motifs is 5. The topological polar surface area (TPSA) is 43.6 Å². The van der Waals surface area contributed by atoms with Gasteiger partial charge >= 0.3 is 0 Å². The van der Waals surface area contributed by atoms with Crippen LogP contribution in [0.3, 0.4) is 0 Å². The van der Waals surface area contributed by atoms with Crippen LogP contribution in [0.1, 0.15) is 0 Å². The maximum atomic E-state index is 5.14. The average molecular weight is 651 g/mol. The highest BCUT2D eigenvalue weighted by Crippen LogP contribution is 2.44. The van der Waals surface area contributed by atoms with Crippen molar-refractivity contribution < 1.29 is 0 Å². The molecule has 0 bridgehead atoms. The molecule has 3 heterocycles. The molecule has 0 N–H and O–H groups in total. The van der Waals surface area contributed by atoms with Gasteiger partial charge in [-0.25, -0.2) is 9.97 Å². The summed E-state index contributed by atoms with van der Waals surface area (Å²) < 4.78 is 2.30. The quantitative estimate of drug-likeness (QED) is 0.174. The van der Waals surface area contributed by atoms with Gasteiger partial charge in [-0.15, -0.1) is 0 Å². The van der Waals surface area contributed by atoms with Crippen LogP contribution in [0.15, 0.2) is 182 Å². The molecule has 0 saturated carbocycles. The van der Waals surface area contributed by atoms with Gasteiger partial charge in [0.15, 0.2) is 5.82 Å². The largest absolute Gasteiger partial charge is 0.309 e. The molecule has 51 heavy (non-hydrogen) atoms. The van der Waals surface area contributed by atoms with Gasteiger partial charge in [0.05, 0.1) is 16.7 Å². The maximum Gasteiger partial charge on any atom is 0.159 e. The fourth-order valence-electron chi connectivity index (χ4n) is 7.71. The minimum atomic E-state index is 0.692. The Bertz CT molecular complexity index is 2850. The zero-order valence-corrected chi connectivity index (χ0v) is 27.6. The highest BCUT2D eigenvalue weighted by atomic mass is 15.0. The lowest BCUT2D eigenvalue weighted by molar-refractivity contribution is 1.17. The summed E-state index contributed by atoms with van der Waals surface area (Å²) in [6.07, 6.45) is 5.68. The Balaban J connectivity index is 1.11. The van der Waals surface area contributed by atoms with E-state index in [-0.39, 0.29) is 0 Å². The van der Waals surface area contributed by atoms with E-state index in [1.165, 1.54) is 38.2 Å². The van der Waals surface area contributed by atoms with E-state index < -0.39 is 0 Å². The third kappa shape index (κ3) is 4.80. The summed E-state index contributed by atoms with van der Waals surface area (Å²) in [7, 11) is 0. The molecular weight excluding hydrogens is 621 g/mol. The summed E-state index contributed by atoms with van der Waals surface area (Å²) in [4.78, 5) is 14.4. The van der Waals surface area contributed by atoms with Crippen molar-refractivity contribution in [3.63, 3.8) is 0 Å². The van der Waals surface area contributed by atoms with Crippen LogP contribution in [-0.2, 0) is 0 Å². The number of aromatic nitrogens is 4. The van der Waals surface area contributed by atoms with Crippen molar-refractivity contribution in [2.75, 3.05) is 0 Å². The molecule has 238 valence electrons. The Morgan fingerprint density at radius 2 is 1.00 bits per heavy atom. The highest BCUT2D eigenvalue weighted by molar-refractivity contribution is 6.21. The Morgan fingerprint density at radius 1 is 0.392 bits per heavy atom. The van der Waals surface area contributed by atoms with Crippen LogP contribution in [0.5, 0.6) is 0 Å². The van der Waals surface area contributed by atoms with Gasteiger partial charge in [-0.05, 0) is 86.3 Å². The molecule has 4 heteroatoms. The second-order valence-electron chi connectivity index (χ2n) is 12.8. The minimum Gasteiger partial charge on any atom is -0.309 e. The molecule has 0 atom stereocenters. The molecule has 0 aliphatic carbocycles. The standard InChI is InChI=1S/C47H30N4/c1-3-12-31(13-4-1)45-36-18-7-9-20-38(36)46(39-21-10-8-19-37(39)45)33-14-11-15-34(28-33)47-49-27-24-42(50-47)32-22-23-43-40(29-32)41-30-48-26-25-44(41)51(43)35-16-5-2-6-17-35/h1-30H. The first-order valence-electron chi connectivity index (χ1n) is 17.2. The van der Waals surface area contributed by atoms with Gasteiger partial charge in [0.2, 0.25) is 0 Å². The fourth-order valence-corrected chi connectivity index (χ4v) is 7.71. The maximum absolute atomic E-state index is 5.14. The van der Waals surface area contributed by atoms with Crippen molar-refractivity contribution in [1.82, 2.24) is 19.5 Å². The van der Waals surface area contributed by atoms with Crippen molar-refractivity contribution in [2.24, 2.45) is 0 Å². The normalized spacial score (nSPS) is 11.5. The van der Waals surface area contributed by atoms with Crippen LogP contribution < -0.4 is 0 Å². The second-order valence-corrected chi connectivity index (χ2v) is 12.8. The second kappa shape index (κ2) is 11.9. The SMILES string of the molecule is c1ccc(-c2c3ccccc3c(-c3cccc(-c4nccc(-c5ccc6c(c5)c5cnccc5n6-c5ccccc5)n4)c3)c3ccccc23)cc1. The number of pyridine rings is 1. The minimum absolute atomic E-state index is 0.692. The van der Waals surface area contributed by atoms with Gasteiger partial charge in [0.1, 0.15) is 0 Å². The van der Waals surface area contributed by atoms with E-state index in [0.717, 1.165) is 49.9 Å². The summed E-state index contributed by atoms with van der Waals surface area (Å²) >= 11 is 0. The highest BCUT2D eigenvalue weighted by Gasteiger charge is 2.18. The van der Waals surface area contributed by atoms with Crippen molar-refractivity contribution >= 4 is 43.4 Å². The summed E-state index contributed by atoms with van der Waals surface area (Å²) in [6, 6.07) is 58.0. The monoisotopic (exact) mass is 650 g/mol. The molecule has 0 radical (unpaired) electrons. The van der Waals surface area contributed by atoms with Crippen LogP contribution in [0.25, 0.3) is 93.9 Å². The van der Waals surface area contributed by atoms with Gasteiger partial charge in [0, 0.05) is 46.2 Å². The molecule has 7 aromatic carbocycles. The molecule has 0 amide bonds. The summed E-state index contributed by atoms with van der Waals surface area (Å²) in [6.45, 7) is 0. The van der Waals surface area contributed by atoms with E-state index in [0.29, 0.717) is 5.82 Å². The first-order chi connectivity index (χ1) is 25.3. The summed E-state index contributed by atoms with van der Waals surface area (Å²) in [5.74, 6) is 0.692. The molecule has 10 aromatic rings. The Morgan fingerprint density at radius 3 is 1.73 bits per heavy atom. The van der Waals surface area contributed by atoms with Gasteiger partial charge in [-0.2, -0.15) is 0 Å². The van der Waals surface area contributed by atoms with Gasteiger partial charge < -0.3 is 4.57 Å². The van der Waals surface area contributed by atoms with Gasteiger partial charge in [0.25, 0.3) is 0 Å². The van der Waals surface area contributed by atoms with Crippen LogP contribution in [0.4, 0.5) is 0 Å². The van der Waals surface area contributed by atoms with Crippen LogP contribution in [-0.4, -0.2) is 19.5 Å². The number of hydrogen-bond acceptors (Lipinski definition) is 3. The Labute approximate surface area is 295 Å². The number of rotatable bonds is 5. The van der Waals surface area contributed by atoms with Crippen molar-refractivity contribution in [1.29, 1.82) is 0 Å². The molecule has 0 unspecified atom stereocenters. The Hall–Kier alpha value is -6.91. The van der Waals surface area contributed by atoms with Crippen LogP contribution >= 0.6 is 0 Å². The molecule has 0 aliphatic heterocycles. The fraction of sp³-hybridized carbons (Fsp3) is 0. The summed E-state index contributed by atoms with van der Waals surface area (Å²) in [5.41, 5.74) is 11.1. The number of nitrogens with zero attached hydrogens (tertiary/aromatic N) is 4. The van der Waals surface area contributed by atoms with E-state index in [1.54, 1.807) is 0 Å². The van der Waals surface area contributed by atoms with Crippen molar-refractivity contribution in [2.45, 2.75) is 0 Å². The molecule has 3 aromatic heterocycles. The molecule has 4 nitrogen and oxygen atoms in total. The first kappa shape index (κ1) is 29.0. The summed E-state index contributed by atoms with van der Waals surface area (Å²) in [5, 5.41) is 7.16. The van der Waals surface area contributed by atoms with Gasteiger partial charge in [-0.3, -0.25) is 4.98 Å². The smallest absolute Gasteiger partial charge is 0.159 e. The molecule has 0 aliphatic rings. The lowest BCUT2D eigenvalue weighted by atomic mass is 9.86. The zero-order chi connectivity index (χ0) is 33.7. The third-order valence-electron chi connectivity index (χ3n) is 9.94. The number of para-hydroxylation sites is 1. The van der Waals surface area contributed by atoms with Gasteiger partial charge in [-0.1, -0.05) is 121 Å². The van der Waals surface area contributed by atoms with Crippen molar-refractivity contribution in [3.05, 3.63) is 182 Å². The lowest BCUT2D eigenvalue weighted by Gasteiger charge is -2.18. The lowest BCUT2D eigenvalue weighted by Crippen LogP contribution is -1.94. The molecule has 10 rings (SSSR count). The van der Waals surface area contributed by atoms with Crippen molar-refractivity contribution in [3.8, 4) is 50.6 Å². The van der Waals surface area contributed by atoms with E-state index >= 15 is 0 Å². The predicted molar refractivity (Wildman–Crippen MR) is 211 cm³/mol. The average Bonchev–Trinajstić information content (AvgIpc) is 3.54. The predicted octanol–water partition coefficient (Wildman–Crippen LogP) is 11.9. The van der Waals surface area contributed by atoms with Crippen LogP contribution in [0.2, 0.25) is 0 Å². The van der Waals surface area contributed by atoms with Crippen LogP contribution in [0, 0.1) is 0 Å². The van der Waals surface area contributed by atoms with E-state index in [2.05, 4.69) is 161 Å². The van der Waals surface area contributed by atoms with E-state index in [4.69, 9.17) is 9.97 Å². The molecular formula is C47H30N4. The molecule has 0 saturated heterocycles. The Kier molecular flexibility index (Phi) is 6.78. The third-order valence-corrected chi connectivity index (χ3v) is 9.94. The van der Waals surface area contributed by atoms with E-state index in [9.17, 15) is 0 Å².